The molecule has 1 fully saturated rings. The standard InChI is InChI=1S/C20H16N6O/c21-10-14-2-1-3-15(8-14)16-4-7-26-18(11-23-19(26)9-16)20(27)24-17-5-6-25(12-17)13-22/h1-4,7-9,11,17H,5-6,12H2,(H,24,27). The van der Waals surface area contributed by atoms with Crippen molar-refractivity contribution in [3.63, 3.8) is 0 Å². The highest BCUT2D eigenvalue weighted by Gasteiger charge is 2.24. The van der Waals surface area contributed by atoms with E-state index in [2.05, 4.69) is 22.6 Å². The third kappa shape index (κ3) is 3.19. The van der Waals surface area contributed by atoms with Crippen LogP contribution in [0.4, 0.5) is 0 Å². The first-order chi connectivity index (χ1) is 13.2. The summed E-state index contributed by atoms with van der Waals surface area (Å²) in [5, 5.41) is 21.0. The van der Waals surface area contributed by atoms with Gasteiger partial charge in [-0.2, -0.15) is 10.5 Å². The molecule has 1 N–H and O–H groups in total. The largest absolute Gasteiger partial charge is 0.346 e. The molecule has 0 saturated carbocycles. The van der Waals surface area contributed by atoms with Crippen molar-refractivity contribution in [2.45, 2.75) is 12.5 Å². The Balaban J connectivity index is 1.58. The van der Waals surface area contributed by atoms with Crippen LogP contribution in [-0.4, -0.2) is 39.3 Å². The van der Waals surface area contributed by atoms with E-state index < -0.39 is 0 Å². The third-order valence-corrected chi connectivity index (χ3v) is 4.74. The molecule has 0 bridgehead atoms. The smallest absolute Gasteiger partial charge is 0.270 e. The highest BCUT2D eigenvalue weighted by atomic mass is 16.2. The fourth-order valence-electron chi connectivity index (χ4n) is 3.32. The van der Waals surface area contributed by atoms with Crippen LogP contribution in [0.5, 0.6) is 0 Å². The van der Waals surface area contributed by atoms with Gasteiger partial charge < -0.3 is 10.2 Å². The van der Waals surface area contributed by atoms with Gasteiger partial charge in [0.25, 0.3) is 5.91 Å². The van der Waals surface area contributed by atoms with Gasteiger partial charge in [-0.1, -0.05) is 12.1 Å². The van der Waals surface area contributed by atoms with Crippen LogP contribution in [0.3, 0.4) is 0 Å². The summed E-state index contributed by atoms with van der Waals surface area (Å²) in [6.07, 6.45) is 6.23. The summed E-state index contributed by atoms with van der Waals surface area (Å²) in [4.78, 5) is 18.6. The van der Waals surface area contributed by atoms with E-state index in [9.17, 15) is 4.79 Å². The van der Waals surface area contributed by atoms with Crippen molar-refractivity contribution < 1.29 is 4.79 Å². The Bertz CT molecular complexity index is 1100. The van der Waals surface area contributed by atoms with Gasteiger partial charge in [-0.15, -0.1) is 0 Å². The molecule has 0 aliphatic carbocycles. The highest BCUT2D eigenvalue weighted by molar-refractivity contribution is 5.93. The number of hydrogen-bond acceptors (Lipinski definition) is 5. The molecular formula is C20H16N6O. The minimum absolute atomic E-state index is 0.0318. The van der Waals surface area contributed by atoms with Gasteiger partial charge in [0.1, 0.15) is 11.3 Å². The molecule has 1 amide bonds. The van der Waals surface area contributed by atoms with Crippen LogP contribution < -0.4 is 5.32 Å². The first-order valence-corrected chi connectivity index (χ1v) is 8.61. The maximum atomic E-state index is 12.6. The molecule has 3 aromatic rings. The van der Waals surface area contributed by atoms with Crippen molar-refractivity contribution >= 4 is 11.6 Å². The molecule has 3 heterocycles. The SMILES string of the molecule is N#Cc1cccc(-c2ccn3c(C(=O)NC4CCN(C#N)C4)cnc3c2)c1. The van der Waals surface area contributed by atoms with E-state index in [0.717, 1.165) is 17.5 Å². The summed E-state index contributed by atoms with van der Waals surface area (Å²) in [5.74, 6) is -0.202. The van der Waals surface area contributed by atoms with E-state index in [1.54, 1.807) is 21.6 Å². The molecule has 7 nitrogen and oxygen atoms in total. The maximum absolute atomic E-state index is 12.6. The second-order valence-electron chi connectivity index (χ2n) is 6.48. The van der Waals surface area contributed by atoms with Crippen molar-refractivity contribution in [2.75, 3.05) is 13.1 Å². The molecule has 0 radical (unpaired) electrons. The average Bonchev–Trinajstić information content (AvgIpc) is 3.34. The number of fused-ring (bicyclic) bond motifs is 1. The van der Waals surface area contributed by atoms with Gasteiger partial charge >= 0.3 is 0 Å². The molecule has 2 aromatic heterocycles. The van der Waals surface area contributed by atoms with Crippen LogP contribution >= 0.6 is 0 Å². The number of nitrogens with one attached hydrogen (secondary N) is 1. The topological polar surface area (TPSA) is 97.2 Å². The summed E-state index contributed by atoms with van der Waals surface area (Å²) in [6.45, 7) is 1.21. The second-order valence-corrected chi connectivity index (χ2v) is 6.48. The van der Waals surface area contributed by atoms with Gasteiger partial charge in [-0.05, 0) is 41.8 Å². The van der Waals surface area contributed by atoms with Crippen molar-refractivity contribution in [2.24, 2.45) is 0 Å². The Morgan fingerprint density at radius 3 is 2.85 bits per heavy atom. The lowest BCUT2D eigenvalue weighted by atomic mass is 10.0. The number of pyridine rings is 1. The predicted octanol–water partition coefficient (Wildman–Crippen LogP) is 2.16. The van der Waals surface area contributed by atoms with Gasteiger partial charge in [0.2, 0.25) is 0 Å². The fraction of sp³-hybridized carbons (Fsp3) is 0.200. The number of nitrogens with zero attached hydrogens (tertiary/aromatic N) is 5. The van der Waals surface area contributed by atoms with E-state index in [1.165, 1.54) is 0 Å². The number of imidazole rings is 1. The summed E-state index contributed by atoms with van der Waals surface area (Å²) in [5.41, 5.74) is 3.56. The Morgan fingerprint density at radius 1 is 1.22 bits per heavy atom. The number of benzene rings is 1. The Morgan fingerprint density at radius 2 is 2.07 bits per heavy atom. The predicted molar refractivity (Wildman–Crippen MR) is 98.4 cm³/mol. The van der Waals surface area contributed by atoms with Gasteiger partial charge in [0.05, 0.1) is 17.8 Å². The molecule has 1 atom stereocenters. The van der Waals surface area contributed by atoms with Crippen molar-refractivity contribution in [3.8, 4) is 23.4 Å². The summed E-state index contributed by atoms with van der Waals surface area (Å²) in [7, 11) is 0. The van der Waals surface area contributed by atoms with E-state index in [4.69, 9.17) is 10.5 Å². The van der Waals surface area contributed by atoms with E-state index in [-0.39, 0.29) is 11.9 Å². The number of carbonyl (C=O) groups excluding carboxylic acids is 1. The number of nitriles is 2. The third-order valence-electron chi connectivity index (χ3n) is 4.74. The zero-order valence-electron chi connectivity index (χ0n) is 14.5. The Labute approximate surface area is 156 Å². The van der Waals surface area contributed by atoms with Crippen molar-refractivity contribution in [3.05, 3.63) is 60.0 Å². The first kappa shape index (κ1) is 16.6. The zero-order valence-corrected chi connectivity index (χ0v) is 14.5. The molecule has 1 aromatic carbocycles. The number of carbonyl (C=O) groups is 1. The molecule has 1 unspecified atom stereocenters. The van der Waals surface area contributed by atoms with Gasteiger partial charge in [0.15, 0.2) is 6.19 Å². The van der Waals surface area contributed by atoms with Gasteiger partial charge in [-0.25, -0.2) is 4.98 Å². The molecule has 132 valence electrons. The average molecular weight is 356 g/mol. The lowest BCUT2D eigenvalue weighted by Crippen LogP contribution is -2.36. The molecule has 1 aliphatic rings. The minimum atomic E-state index is -0.202. The van der Waals surface area contributed by atoms with Crippen LogP contribution in [0.25, 0.3) is 16.8 Å². The number of aromatic nitrogens is 2. The first-order valence-electron chi connectivity index (χ1n) is 8.61. The highest BCUT2D eigenvalue weighted by Crippen LogP contribution is 2.22. The molecule has 7 heteroatoms. The second kappa shape index (κ2) is 6.81. The number of amides is 1. The maximum Gasteiger partial charge on any atom is 0.270 e. The quantitative estimate of drug-likeness (QED) is 0.725. The van der Waals surface area contributed by atoms with Crippen molar-refractivity contribution in [1.82, 2.24) is 19.6 Å². The molecule has 0 spiro atoms. The summed E-state index contributed by atoms with van der Waals surface area (Å²) < 4.78 is 1.74. The zero-order chi connectivity index (χ0) is 18.8. The monoisotopic (exact) mass is 356 g/mol. The fourth-order valence-corrected chi connectivity index (χ4v) is 3.32. The summed E-state index contributed by atoms with van der Waals surface area (Å²) >= 11 is 0. The van der Waals surface area contributed by atoms with Crippen molar-refractivity contribution in [1.29, 1.82) is 10.5 Å². The molecule has 27 heavy (non-hydrogen) atoms. The van der Waals surface area contributed by atoms with Crippen LogP contribution in [0.2, 0.25) is 0 Å². The van der Waals surface area contributed by atoms with Crippen LogP contribution in [0.1, 0.15) is 22.5 Å². The molecular weight excluding hydrogens is 340 g/mol. The lowest BCUT2D eigenvalue weighted by Gasteiger charge is -2.12. The van der Waals surface area contributed by atoms with Crippen LogP contribution in [0.15, 0.2) is 48.8 Å². The Hall–Kier alpha value is -3.84. The number of rotatable bonds is 3. The van der Waals surface area contributed by atoms with Gasteiger partial charge in [-0.3, -0.25) is 9.20 Å². The minimum Gasteiger partial charge on any atom is -0.346 e. The normalized spacial score (nSPS) is 16.1. The van der Waals surface area contributed by atoms with Gasteiger partial charge in [0, 0.05) is 25.3 Å². The number of hydrogen-bond donors (Lipinski definition) is 1. The Kier molecular flexibility index (Phi) is 4.19. The molecule has 4 rings (SSSR count). The van der Waals surface area contributed by atoms with Crippen LogP contribution in [0, 0.1) is 22.8 Å². The van der Waals surface area contributed by atoms with E-state index in [1.807, 2.05) is 36.5 Å². The molecule has 1 aliphatic heterocycles. The summed E-state index contributed by atoms with van der Waals surface area (Å²) in [6, 6.07) is 13.3. The van der Waals surface area contributed by atoms with E-state index >= 15 is 0 Å². The lowest BCUT2D eigenvalue weighted by molar-refractivity contribution is 0.0933. The van der Waals surface area contributed by atoms with E-state index in [0.29, 0.717) is 30.0 Å². The number of likely N-dealkylation sites (tertiary alicyclic amines) is 1. The molecule has 1 saturated heterocycles. The van der Waals surface area contributed by atoms with Crippen LogP contribution in [-0.2, 0) is 0 Å².